The van der Waals surface area contributed by atoms with Gasteiger partial charge in [-0.1, -0.05) is 24.3 Å². The highest BCUT2D eigenvalue weighted by atomic mass is 16.5. The van der Waals surface area contributed by atoms with Crippen molar-refractivity contribution >= 4 is 5.82 Å². The van der Waals surface area contributed by atoms with E-state index in [1.807, 2.05) is 30.3 Å². The fourth-order valence-electron chi connectivity index (χ4n) is 1.89. The van der Waals surface area contributed by atoms with Gasteiger partial charge in [-0.05, 0) is 6.07 Å². The molecule has 0 unspecified atom stereocenters. The molecule has 2 rings (SSSR count). The Morgan fingerprint density at radius 1 is 1.48 bits per heavy atom. The summed E-state index contributed by atoms with van der Waals surface area (Å²) in [5, 5.41) is 13.3. The van der Waals surface area contributed by atoms with Crippen LogP contribution < -0.4 is 15.2 Å². The molecule has 2 aromatic rings. The molecule has 0 aliphatic heterocycles. The van der Waals surface area contributed by atoms with Crippen molar-refractivity contribution in [1.82, 2.24) is 9.78 Å². The number of hydrogen-bond acceptors (Lipinski definition) is 5. The Morgan fingerprint density at radius 3 is 2.90 bits per heavy atom. The number of rotatable bonds is 6. The molecular weight excluding hydrogens is 268 g/mol. The van der Waals surface area contributed by atoms with Gasteiger partial charge in [0.15, 0.2) is 5.56 Å². The van der Waals surface area contributed by atoms with E-state index >= 15 is 0 Å². The zero-order chi connectivity index (χ0) is 15.2. The molecule has 6 nitrogen and oxygen atoms in total. The third-order valence-corrected chi connectivity index (χ3v) is 2.93. The van der Waals surface area contributed by atoms with Crippen LogP contribution in [0.5, 0.6) is 11.6 Å². The van der Waals surface area contributed by atoms with Crippen molar-refractivity contribution in [2.75, 3.05) is 12.8 Å². The lowest BCUT2D eigenvalue weighted by Crippen LogP contribution is -2.03. The van der Waals surface area contributed by atoms with Crippen LogP contribution >= 0.6 is 0 Å². The van der Waals surface area contributed by atoms with Crippen LogP contribution in [0.15, 0.2) is 36.9 Å². The Bertz CT molecular complexity index is 685. The van der Waals surface area contributed by atoms with E-state index in [1.165, 1.54) is 4.68 Å². The number of anilines is 1. The third kappa shape index (κ3) is 2.98. The second-order valence-corrected chi connectivity index (χ2v) is 4.25. The smallest absolute Gasteiger partial charge is 0.253 e. The van der Waals surface area contributed by atoms with E-state index in [2.05, 4.69) is 11.7 Å². The number of methoxy groups -OCH3 is 1. The number of benzene rings is 1. The number of allylic oxidation sites excluding steroid dienone is 1. The molecule has 0 amide bonds. The average Bonchev–Trinajstić information content (AvgIpc) is 2.81. The highest BCUT2D eigenvalue weighted by molar-refractivity contribution is 5.55. The highest BCUT2D eigenvalue weighted by Gasteiger charge is 2.16. The summed E-state index contributed by atoms with van der Waals surface area (Å²) >= 11 is 0. The van der Waals surface area contributed by atoms with Gasteiger partial charge in [0.2, 0.25) is 0 Å². The van der Waals surface area contributed by atoms with Gasteiger partial charge < -0.3 is 15.2 Å². The molecule has 0 saturated heterocycles. The second-order valence-electron chi connectivity index (χ2n) is 4.25. The normalized spacial score (nSPS) is 9.90. The van der Waals surface area contributed by atoms with Gasteiger partial charge >= 0.3 is 0 Å². The number of nitrogens with two attached hydrogens (primary N) is 1. The van der Waals surface area contributed by atoms with E-state index in [1.54, 1.807) is 13.2 Å². The van der Waals surface area contributed by atoms with Crippen molar-refractivity contribution in [1.29, 1.82) is 5.26 Å². The third-order valence-electron chi connectivity index (χ3n) is 2.93. The summed E-state index contributed by atoms with van der Waals surface area (Å²) < 4.78 is 12.3. The predicted molar refractivity (Wildman–Crippen MR) is 78.9 cm³/mol. The van der Waals surface area contributed by atoms with Gasteiger partial charge in [0.25, 0.3) is 5.88 Å². The summed E-state index contributed by atoms with van der Waals surface area (Å²) in [6.45, 7) is 4.28. The van der Waals surface area contributed by atoms with Crippen molar-refractivity contribution in [2.24, 2.45) is 0 Å². The number of ether oxygens (including phenoxy) is 2. The van der Waals surface area contributed by atoms with E-state index in [4.69, 9.17) is 20.5 Å². The average molecular weight is 284 g/mol. The largest absolute Gasteiger partial charge is 0.496 e. The molecule has 1 aromatic heterocycles. The molecule has 0 aliphatic carbocycles. The number of nitrogen functional groups attached to an aromatic ring is 1. The fraction of sp³-hybridized carbons (Fsp3) is 0.200. The molecule has 0 saturated carbocycles. The van der Waals surface area contributed by atoms with Crippen LogP contribution in [0.4, 0.5) is 5.82 Å². The summed E-state index contributed by atoms with van der Waals surface area (Å²) in [5.74, 6) is 1.20. The maximum atomic E-state index is 9.16. The Labute approximate surface area is 123 Å². The van der Waals surface area contributed by atoms with E-state index in [9.17, 15) is 0 Å². The molecule has 0 spiro atoms. The van der Waals surface area contributed by atoms with Crippen LogP contribution in [-0.4, -0.2) is 16.9 Å². The first-order valence-electron chi connectivity index (χ1n) is 6.33. The molecule has 1 aromatic carbocycles. The molecule has 1 heterocycles. The molecule has 108 valence electrons. The molecule has 0 fully saturated rings. The van der Waals surface area contributed by atoms with Crippen molar-refractivity contribution < 1.29 is 9.47 Å². The predicted octanol–water partition coefficient (Wildman–Crippen LogP) is 2.11. The SMILES string of the molecule is C=CCn1nc(OCc2ccccc2OC)c(C#N)c1N. The monoisotopic (exact) mass is 284 g/mol. The van der Waals surface area contributed by atoms with Crippen LogP contribution in [0.2, 0.25) is 0 Å². The molecule has 0 atom stereocenters. The molecule has 0 radical (unpaired) electrons. The Hall–Kier alpha value is -2.94. The van der Waals surface area contributed by atoms with Gasteiger partial charge in [0, 0.05) is 5.56 Å². The first-order chi connectivity index (χ1) is 10.2. The summed E-state index contributed by atoms with van der Waals surface area (Å²) in [4.78, 5) is 0. The van der Waals surface area contributed by atoms with Gasteiger partial charge in [0.05, 0.1) is 13.7 Å². The van der Waals surface area contributed by atoms with Gasteiger partial charge in [-0.25, -0.2) is 4.68 Å². The maximum absolute atomic E-state index is 9.16. The summed E-state index contributed by atoms with van der Waals surface area (Å²) in [7, 11) is 1.59. The molecule has 21 heavy (non-hydrogen) atoms. The molecule has 0 aliphatic rings. The zero-order valence-electron chi connectivity index (χ0n) is 11.7. The fourth-order valence-corrected chi connectivity index (χ4v) is 1.89. The van der Waals surface area contributed by atoms with E-state index < -0.39 is 0 Å². The number of hydrogen-bond donors (Lipinski definition) is 1. The quantitative estimate of drug-likeness (QED) is 0.821. The first kappa shape index (κ1) is 14.5. The van der Waals surface area contributed by atoms with Gasteiger partial charge in [-0.15, -0.1) is 11.7 Å². The Balaban J connectivity index is 2.22. The lowest BCUT2D eigenvalue weighted by molar-refractivity contribution is 0.282. The van der Waals surface area contributed by atoms with Crippen LogP contribution in [-0.2, 0) is 13.2 Å². The van der Waals surface area contributed by atoms with Crippen LogP contribution in [0.1, 0.15) is 11.1 Å². The molecule has 0 bridgehead atoms. The highest BCUT2D eigenvalue weighted by Crippen LogP contribution is 2.25. The van der Waals surface area contributed by atoms with Gasteiger partial charge in [0.1, 0.15) is 24.2 Å². The van der Waals surface area contributed by atoms with Crippen molar-refractivity contribution in [3.8, 4) is 17.7 Å². The number of aromatic nitrogens is 2. The minimum Gasteiger partial charge on any atom is -0.496 e. The summed E-state index contributed by atoms with van der Waals surface area (Å²) in [6, 6.07) is 9.50. The van der Waals surface area contributed by atoms with Gasteiger partial charge in [-0.3, -0.25) is 0 Å². The van der Waals surface area contributed by atoms with Gasteiger partial charge in [-0.2, -0.15) is 5.26 Å². The van der Waals surface area contributed by atoms with E-state index in [0.29, 0.717) is 6.54 Å². The number of para-hydroxylation sites is 1. The van der Waals surface area contributed by atoms with Crippen molar-refractivity contribution in [3.05, 3.63) is 48.0 Å². The number of nitriles is 1. The summed E-state index contributed by atoms with van der Waals surface area (Å²) in [5.41, 5.74) is 6.94. The van der Waals surface area contributed by atoms with Crippen LogP contribution in [0, 0.1) is 11.3 Å². The standard InChI is InChI=1S/C15H16N4O2/c1-3-8-19-14(17)12(9-16)15(18-19)21-10-11-6-4-5-7-13(11)20-2/h3-7H,1,8,10,17H2,2H3. The lowest BCUT2D eigenvalue weighted by atomic mass is 10.2. The topological polar surface area (TPSA) is 86.1 Å². The second kappa shape index (κ2) is 6.48. The minimum atomic E-state index is 0.211. The van der Waals surface area contributed by atoms with Crippen molar-refractivity contribution in [2.45, 2.75) is 13.2 Å². The lowest BCUT2D eigenvalue weighted by Gasteiger charge is -2.08. The maximum Gasteiger partial charge on any atom is 0.253 e. The molecular formula is C15H16N4O2. The van der Waals surface area contributed by atoms with E-state index in [-0.39, 0.29) is 23.9 Å². The Morgan fingerprint density at radius 2 is 2.24 bits per heavy atom. The molecule has 6 heteroatoms. The van der Waals surface area contributed by atoms with Crippen LogP contribution in [0.3, 0.4) is 0 Å². The zero-order valence-corrected chi connectivity index (χ0v) is 11.7. The first-order valence-corrected chi connectivity index (χ1v) is 6.33. The Kier molecular flexibility index (Phi) is 4.46. The number of nitrogens with zero attached hydrogens (tertiary/aromatic N) is 3. The molecule has 2 N–H and O–H groups in total. The minimum absolute atomic E-state index is 0.211. The van der Waals surface area contributed by atoms with Crippen LogP contribution in [0.25, 0.3) is 0 Å². The van der Waals surface area contributed by atoms with E-state index in [0.717, 1.165) is 11.3 Å². The van der Waals surface area contributed by atoms with Crippen molar-refractivity contribution in [3.63, 3.8) is 0 Å². The summed E-state index contributed by atoms with van der Waals surface area (Å²) in [6.07, 6.45) is 1.65.